The van der Waals surface area contributed by atoms with Crippen LogP contribution in [0.15, 0.2) is 12.4 Å². The maximum absolute atomic E-state index is 11.9. The van der Waals surface area contributed by atoms with Crippen LogP contribution in [0.4, 0.5) is 5.69 Å². The van der Waals surface area contributed by atoms with Gasteiger partial charge in [0.1, 0.15) is 12.4 Å². The van der Waals surface area contributed by atoms with Gasteiger partial charge in [0.25, 0.3) is 0 Å². The molecule has 8 nitrogen and oxygen atoms in total. The second-order valence-corrected chi connectivity index (χ2v) is 5.21. The van der Waals surface area contributed by atoms with Gasteiger partial charge in [-0.15, -0.1) is 0 Å². The van der Waals surface area contributed by atoms with Gasteiger partial charge in [-0.25, -0.2) is 0 Å². The summed E-state index contributed by atoms with van der Waals surface area (Å²) in [7, 11) is 0. The van der Waals surface area contributed by atoms with E-state index in [0.29, 0.717) is 13.1 Å². The highest BCUT2D eigenvalue weighted by Gasteiger charge is 2.33. The first-order valence-electron chi connectivity index (χ1n) is 6.73. The van der Waals surface area contributed by atoms with Crippen LogP contribution < -0.4 is 11.1 Å². The molecule has 3 N–H and O–H groups in total. The van der Waals surface area contributed by atoms with E-state index < -0.39 is 4.92 Å². The van der Waals surface area contributed by atoms with E-state index in [2.05, 4.69) is 10.4 Å². The number of aryl methyl sites for hydroxylation is 1. The molecule has 1 aromatic heterocycles. The normalized spacial score (nSPS) is 17.1. The molecule has 1 aromatic rings. The van der Waals surface area contributed by atoms with Crippen LogP contribution in [0.1, 0.15) is 32.1 Å². The highest BCUT2D eigenvalue weighted by molar-refractivity contribution is 5.76. The molecule has 0 aromatic carbocycles. The summed E-state index contributed by atoms with van der Waals surface area (Å²) in [6.45, 7) is 0.770. The number of hydrogen-bond acceptors (Lipinski definition) is 5. The molecule has 2 rings (SSSR count). The Hall–Kier alpha value is -1.96. The third-order valence-corrected chi connectivity index (χ3v) is 3.75. The molecule has 20 heavy (non-hydrogen) atoms. The topological polar surface area (TPSA) is 116 Å². The molecule has 0 atom stereocenters. The van der Waals surface area contributed by atoms with Crippen LogP contribution >= 0.6 is 0 Å². The Morgan fingerprint density at radius 2 is 2.25 bits per heavy atom. The van der Waals surface area contributed by atoms with Gasteiger partial charge in [-0.2, -0.15) is 5.10 Å². The predicted molar refractivity (Wildman–Crippen MR) is 71.9 cm³/mol. The van der Waals surface area contributed by atoms with E-state index in [9.17, 15) is 14.9 Å². The number of rotatable bonds is 6. The average Bonchev–Trinajstić information content (AvgIpc) is 3.06. The fourth-order valence-electron chi connectivity index (χ4n) is 2.58. The van der Waals surface area contributed by atoms with Gasteiger partial charge in [0.05, 0.1) is 10.5 Å². The monoisotopic (exact) mass is 281 g/mol. The van der Waals surface area contributed by atoms with Crippen molar-refractivity contribution in [3.05, 3.63) is 22.5 Å². The summed E-state index contributed by atoms with van der Waals surface area (Å²) in [6.07, 6.45) is 6.75. The number of nitrogens with two attached hydrogens (primary N) is 1. The SMILES string of the molecule is NCC1(NC(=O)CCn2cc([N+](=O)[O-])cn2)CCCC1. The van der Waals surface area contributed by atoms with Crippen molar-refractivity contribution in [2.24, 2.45) is 5.73 Å². The van der Waals surface area contributed by atoms with E-state index in [4.69, 9.17) is 5.73 Å². The van der Waals surface area contributed by atoms with Gasteiger partial charge in [0, 0.05) is 19.5 Å². The second-order valence-electron chi connectivity index (χ2n) is 5.21. The average molecular weight is 281 g/mol. The number of aromatic nitrogens is 2. The number of hydrogen-bond donors (Lipinski definition) is 2. The minimum absolute atomic E-state index is 0.0698. The van der Waals surface area contributed by atoms with Crippen molar-refractivity contribution in [1.82, 2.24) is 15.1 Å². The van der Waals surface area contributed by atoms with Crippen molar-refractivity contribution in [3.63, 3.8) is 0 Å². The van der Waals surface area contributed by atoms with Crippen LogP contribution in [0.5, 0.6) is 0 Å². The van der Waals surface area contributed by atoms with Crippen LogP contribution in [0, 0.1) is 10.1 Å². The summed E-state index contributed by atoms with van der Waals surface area (Å²) in [4.78, 5) is 21.9. The molecule has 0 spiro atoms. The molecule has 0 aliphatic heterocycles. The van der Waals surface area contributed by atoms with Crippen LogP contribution in [0.3, 0.4) is 0 Å². The zero-order valence-electron chi connectivity index (χ0n) is 11.2. The number of nitrogens with zero attached hydrogens (tertiary/aromatic N) is 3. The van der Waals surface area contributed by atoms with Gasteiger partial charge in [-0.3, -0.25) is 19.6 Å². The van der Waals surface area contributed by atoms with E-state index in [1.165, 1.54) is 17.1 Å². The molecule has 1 aliphatic carbocycles. The Morgan fingerprint density at radius 1 is 1.55 bits per heavy atom. The van der Waals surface area contributed by atoms with Crippen LogP contribution in [0.25, 0.3) is 0 Å². The standard InChI is InChI=1S/C12H19N5O3/c13-9-12(4-1-2-5-12)15-11(18)3-6-16-8-10(7-14-16)17(19)20/h7-8H,1-6,9,13H2,(H,15,18). The minimum atomic E-state index is -0.508. The number of nitro groups is 1. The van der Waals surface area contributed by atoms with E-state index >= 15 is 0 Å². The number of nitrogens with one attached hydrogen (secondary N) is 1. The molecule has 110 valence electrons. The number of carbonyl (C=O) groups excluding carboxylic acids is 1. The Kier molecular flexibility index (Phi) is 4.33. The van der Waals surface area contributed by atoms with Crippen LogP contribution in [-0.4, -0.2) is 32.7 Å². The third-order valence-electron chi connectivity index (χ3n) is 3.75. The third kappa shape index (κ3) is 3.32. The maximum Gasteiger partial charge on any atom is 0.306 e. The Balaban J connectivity index is 1.84. The molecule has 1 amide bonds. The van der Waals surface area contributed by atoms with Gasteiger partial charge < -0.3 is 11.1 Å². The van der Waals surface area contributed by atoms with Crippen molar-refractivity contribution < 1.29 is 9.72 Å². The summed E-state index contributed by atoms with van der Waals surface area (Å²) in [5.41, 5.74) is 5.43. The lowest BCUT2D eigenvalue weighted by molar-refractivity contribution is -0.385. The summed E-state index contributed by atoms with van der Waals surface area (Å²) in [5.74, 6) is -0.0875. The fraction of sp³-hybridized carbons (Fsp3) is 0.667. The summed E-state index contributed by atoms with van der Waals surface area (Å²) >= 11 is 0. The molecule has 0 radical (unpaired) electrons. The van der Waals surface area contributed by atoms with Crippen molar-refractivity contribution >= 4 is 11.6 Å². The molecule has 8 heteroatoms. The van der Waals surface area contributed by atoms with Crippen LogP contribution in [-0.2, 0) is 11.3 Å². The lowest BCUT2D eigenvalue weighted by Gasteiger charge is -2.28. The second kappa shape index (κ2) is 6.00. The van der Waals surface area contributed by atoms with E-state index in [1.807, 2.05) is 0 Å². The van der Waals surface area contributed by atoms with E-state index in [-0.39, 0.29) is 23.6 Å². The van der Waals surface area contributed by atoms with Crippen molar-refractivity contribution in [1.29, 1.82) is 0 Å². The minimum Gasteiger partial charge on any atom is -0.349 e. The molecular formula is C12H19N5O3. The number of amides is 1. The van der Waals surface area contributed by atoms with Crippen LogP contribution in [0.2, 0.25) is 0 Å². The zero-order valence-corrected chi connectivity index (χ0v) is 11.2. The lowest BCUT2D eigenvalue weighted by atomic mass is 9.97. The Labute approximate surface area is 116 Å². The summed E-state index contributed by atoms with van der Waals surface area (Å²) in [6, 6.07) is 0. The largest absolute Gasteiger partial charge is 0.349 e. The first-order valence-corrected chi connectivity index (χ1v) is 6.73. The first kappa shape index (κ1) is 14.4. The molecule has 1 fully saturated rings. The van der Waals surface area contributed by atoms with Gasteiger partial charge in [0.2, 0.25) is 5.91 Å². The van der Waals surface area contributed by atoms with Gasteiger partial charge in [-0.1, -0.05) is 12.8 Å². The zero-order chi connectivity index (χ0) is 14.6. The molecule has 1 saturated carbocycles. The quantitative estimate of drug-likeness (QED) is 0.584. The van der Waals surface area contributed by atoms with E-state index in [0.717, 1.165) is 25.7 Å². The highest BCUT2D eigenvalue weighted by Crippen LogP contribution is 2.28. The highest BCUT2D eigenvalue weighted by atomic mass is 16.6. The smallest absolute Gasteiger partial charge is 0.306 e. The van der Waals surface area contributed by atoms with E-state index in [1.54, 1.807) is 0 Å². The molecular weight excluding hydrogens is 262 g/mol. The summed E-state index contributed by atoms with van der Waals surface area (Å²) in [5, 5.41) is 17.4. The molecule has 0 saturated heterocycles. The molecule has 1 aliphatic rings. The molecule has 0 bridgehead atoms. The van der Waals surface area contributed by atoms with Gasteiger partial charge >= 0.3 is 5.69 Å². The van der Waals surface area contributed by atoms with Gasteiger partial charge in [0.15, 0.2) is 0 Å². The first-order chi connectivity index (χ1) is 9.54. The van der Waals surface area contributed by atoms with Gasteiger partial charge in [-0.05, 0) is 12.8 Å². The van der Waals surface area contributed by atoms with Crippen molar-refractivity contribution in [2.45, 2.75) is 44.2 Å². The van der Waals surface area contributed by atoms with Crippen molar-refractivity contribution in [2.75, 3.05) is 6.54 Å². The summed E-state index contributed by atoms with van der Waals surface area (Å²) < 4.78 is 1.40. The van der Waals surface area contributed by atoms with Crippen molar-refractivity contribution in [3.8, 4) is 0 Å². The Morgan fingerprint density at radius 3 is 2.80 bits per heavy atom. The lowest BCUT2D eigenvalue weighted by Crippen LogP contribution is -2.51. The number of carbonyl (C=O) groups is 1. The maximum atomic E-state index is 11.9. The molecule has 0 unspecified atom stereocenters. The predicted octanol–water partition coefficient (Wildman–Crippen LogP) is 0.569. The Bertz CT molecular complexity index is 493. The fourth-order valence-corrected chi connectivity index (χ4v) is 2.58. The molecule has 1 heterocycles.